The molecule has 21 heavy (non-hydrogen) atoms. The van der Waals surface area contributed by atoms with E-state index in [0.29, 0.717) is 10.6 Å². The first-order valence-electron chi connectivity index (χ1n) is 8.22. The van der Waals surface area contributed by atoms with E-state index >= 15 is 0 Å². The molecule has 1 aromatic heterocycles. The van der Waals surface area contributed by atoms with Crippen LogP contribution in [-0.2, 0) is 6.42 Å². The van der Waals surface area contributed by atoms with Crippen molar-refractivity contribution in [1.82, 2.24) is 9.97 Å². The van der Waals surface area contributed by atoms with Crippen LogP contribution in [0.15, 0.2) is 0 Å². The Balaban J connectivity index is 2.12. The van der Waals surface area contributed by atoms with Gasteiger partial charge in [-0.1, -0.05) is 45.2 Å². The molecule has 0 aliphatic heterocycles. The van der Waals surface area contributed by atoms with E-state index in [1.165, 1.54) is 32.1 Å². The number of aromatic nitrogens is 2. The molecule has 0 spiro atoms. The molecule has 1 aliphatic rings. The lowest BCUT2D eigenvalue weighted by Crippen LogP contribution is -2.29. The zero-order chi connectivity index (χ0) is 15.5. The number of aryl methyl sites for hydroxylation is 1. The van der Waals surface area contributed by atoms with Crippen LogP contribution in [0, 0.1) is 18.3 Å². The van der Waals surface area contributed by atoms with Crippen molar-refractivity contribution in [3.63, 3.8) is 0 Å². The second kappa shape index (κ2) is 6.95. The molecule has 118 valence electrons. The molecule has 0 atom stereocenters. The predicted molar refractivity (Wildman–Crippen MR) is 90.0 cm³/mol. The van der Waals surface area contributed by atoms with E-state index in [1.54, 1.807) is 0 Å². The summed E-state index contributed by atoms with van der Waals surface area (Å²) in [5, 5.41) is 4.16. The molecule has 1 aromatic rings. The van der Waals surface area contributed by atoms with Gasteiger partial charge in [-0.15, -0.1) is 0 Å². The molecule has 0 bridgehead atoms. The van der Waals surface area contributed by atoms with Crippen LogP contribution >= 0.6 is 11.6 Å². The van der Waals surface area contributed by atoms with E-state index in [0.717, 1.165) is 36.1 Å². The first kappa shape index (κ1) is 16.5. The molecule has 1 saturated carbocycles. The van der Waals surface area contributed by atoms with E-state index in [4.69, 9.17) is 11.6 Å². The number of rotatable bonds is 6. The largest absolute Gasteiger partial charge is 0.369 e. The molecule has 1 heterocycles. The first-order valence-corrected chi connectivity index (χ1v) is 8.60. The molecule has 0 aromatic carbocycles. The Morgan fingerprint density at radius 3 is 2.48 bits per heavy atom. The van der Waals surface area contributed by atoms with E-state index < -0.39 is 0 Å². The van der Waals surface area contributed by atoms with Crippen molar-refractivity contribution in [2.45, 2.75) is 66.2 Å². The Morgan fingerprint density at radius 2 is 1.90 bits per heavy atom. The molecule has 1 fully saturated rings. The zero-order valence-electron chi connectivity index (χ0n) is 13.8. The monoisotopic (exact) mass is 309 g/mol. The first-order chi connectivity index (χ1) is 9.96. The highest BCUT2D eigenvalue weighted by Crippen LogP contribution is 2.43. The lowest BCUT2D eigenvalue weighted by atomic mass is 9.78. The van der Waals surface area contributed by atoms with Crippen LogP contribution in [-0.4, -0.2) is 16.5 Å². The van der Waals surface area contributed by atoms with Crippen molar-refractivity contribution in [3.8, 4) is 0 Å². The fraction of sp³-hybridized carbons (Fsp3) is 0.765. The fourth-order valence-electron chi connectivity index (χ4n) is 3.58. The molecule has 0 amide bonds. The molecular formula is C17H28ClN3. The van der Waals surface area contributed by atoms with Gasteiger partial charge in [0.2, 0.25) is 0 Å². The second-order valence-corrected chi connectivity index (χ2v) is 7.27. The van der Waals surface area contributed by atoms with Gasteiger partial charge < -0.3 is 5.32 Å². The van der Waals surface area contributed by atoms with Crippen LogP contribution in [0.3, 0.4) is 0 Å². The molecule has 0 unspecified atom stereocenters. The zero-order valence-corrected chi connectivity index (χ0v) is 14.6. The fourth-order valence-corrected chi connectivity index (χ4v) is 3.77. The number of halogens is 1. The van der Waals surface area contributed by atoms with Crippen molar-refractivity contribution >= 4 is 17.4 Å². The number of nitrogens with zero attached hydrogens (tertiary/aromatic N) is 2. The van der Waals surface area contributed by atoms with Gasteiger partial charge in [0.05, 0.1) is 0 Å². The molecule has 0 radical (unpaired) electrons. The summed E-state index contributed by atoms with van der Waals surface area (Å²) in [4.78, 5) is 8.93. The smallest absolute Gasteiger partial charge is 0.137 e. The highest BCUT2D eigenvalue weighted by Gasteiger charge is 2.34. The Morgan fingerprint density at radius 1 is 1.24 bits per heavy atom. The minimum atomic E-state index is 0.435. The Kier molecular flexibility index (Phi) is 5.48. The summed E-state index contributed by atoms with van der Waals surface area (Å²) in [5.74, 6) is 2.48. The average Bonchev–Trinajstić information content (AvgIpc) is 2.88. The number of hydrogen-bond donors (Lipinski definition) is 1. The van der Waals surface area contributed by atoms with Crippen molar-refractivity contribution in [2.75, 3.05) is 11.9 Å². The maximum absolute atomic E-state index is 6.22. The van der Waals surface area contributed by atoms with Crippen molar-refractivity contribution < 1.29 is 0 Å². The Bertz CT molecular complexity index is 479. The standard InChI is InChI=1S/C17H28ClN3/c1-5-14-20-15(18)13(4)16(21-14)19-11-17(10-12(2)3)8-6-7-9-17/h12H,5-11H2,1-4H3,(H,19,20,21). The quantitative estimate of drug-likeness (QED) is 0.750. The lowest BCUT2D eigenvalue weighted by Gasteiger charge is -2.31. The van der Waals surface area contributed by atoms with Gasteiger partial charge in [0.15, 0.2) is 0 Å². The number of anilines is 1. The maximum atomic E-state index is 6.22. The van der Waals surface area contributed by atoms with Crippen molar-refractivity contribution in [2.24, 2.45) is 11.3 Å². The van der Waals surface area contributed by atoms with E-state index in [-0.39, 0.29) is 0 Å². The van der Waals surface area contributed by atoms with E-state index in [9.17, 15) is 0 Å². The average molecular weight is 310 g/mol. The highest BCUT2D eigenvalue weighted by molar-refractivity contribution is 6.30. The van der Waals surface area contributed by atoms with E-state index in [2.05, 4.69) is 36.1 Å². The second-order valence-electron chi connectivity index (χ2n) is 6.92. The summed E-state index contributed by atoms with van der Waals surface area (Å²) in [6.45, 7) is 9.70. The van der Waals surface area contributed by atoms with Crippen LogP contribution in [0.2, 0.25) is 5.15 Å². The highest BCUT2D eigenvalue weighted by atomic mass is 35.5. The molecule has 4 heteroatoms. The summed E-state index contributed by atoms with van der Waals surface area (Å²) in [7, 11) is 0. The third kappa shape index (κ3) is 4.09. The van der Waals surface area contributed by atoms with Gasteiger partial charge in [-0.2, -0.15) is 0 Å². The van der Waals surface area contributed by atoms with Crippen molar-refractivity contribution in [1.29, 1.82) is 0 Å². The van der Waals surface area contributed by atoms with E-state index in [1.807, 2.05) is 6.92 Å². The molecule has 2 rings (SSSR count). The molecule has 1 N–H and O–H groups in total. The van der Waals surface area contributed by atoms with Crippen LogP contribution in [0.5, 0.6) is 0 Å². The number of nitrogens with one attached hydrogen (secondary N) is 1. The van der Waals surface area contributed by atoms with Gasteiger partial charge in [-0.05, 0) is 37.5 Å². The summed E-state index contributed by atoms with van der Waals surface area (Å²) in [6.07, 6.45) is 7.48. The van der Waals surface area contributed by atoms with Gasteiger partial charge >= 0.3 is 0 Å². The molecule has 3 nitrogen and oxygen atoms in total. The van der Waals surface area contributed by atoms with Gasteiger partial charge in [0, 0.05) is 18.5 Å². The SMILES string of the molecule is CCc1nc(Cl)c(C)c(NCC2(CC(C)C)CCCC2)n1. The summed E-state index contributed by atoms with van der Waals surface area (Å²) in [5.41, 5.74) is 1.40. The summed E-state index contributed by atoms with van der Waals surface area (Å²) >= 11 is 6.22. The Labute approximate surface area is 133 Å². The third-order valence-electron chi connectivity index (χ3n) is 4.59. The molecular weight excluding hydrogens is 282 g/mol. The van der Waals surface area contributed by atoms with Crippen LogP contribution in [0.1, 0.15) is 64.3 Å². The predicted octanol–water partition coefficient (Wildman–Crippen LogP) is 5.02. The number of hydrogen-bond acceptors (Lipinski definition) is 3. The lowest BCUT2D eigenvalue weighted by molar-refractivity contribution is 0.252. The van der Waals surface area contributed by atoms with Crippen LogP contribution in [0.25, 0.3) is 0 Å². The summed E-state index contributed by atoms with van der Waals surface area (Å²) in [6, 6.07) is 0. The Hall–Kier alpha value is -0.830. The van der Waals surface area contributed by atoms with Crippen LogP contribution < -0.4 is 5.32 Å². The van der Waals surface area contributed by atoms with Crippen molar-refractivity contribution in [3.05, 3.63) is 16.5 Å². The van der Waals surface area contributed by atoms with Gasteiger partial charge in [0.1, 0.15) is 16.8 Å². The minimum Gasteiger partial charge on any atom is -0.369 e. The maximum Gasteiger partial charge on any atom is 0.137 e. The van der Waals surface area contributed by atoms with Crippen LogP contribution in [0.4, 0.5) is 5.82 Å². The normalized spacial score (nSPS) is 17.4. The van der Waals surface area contributed by atoms with Gasteiger partial charge in [0.25, 0.3) is 0 Å². The topological polar surface area (TPSA) is 37.8 Å². The summed E-state index contributed by atoms with van der Waals surface area (Å²) < 4.78 is 0. The van der Waals surface area contributed by atoms with Gasteiger partial charge in [-0.25, -0.2) is 9.97 Å². The van der Waals surface area contributed by atoms with Gasteiger partial charge in [-0.3, -0.25) is 0 Å². The molecule has 1 aliphatic carbocycles. The molecule has 0 saturated heterocycles. The minimum absolute atomic E-state index is 0.435. The third-order valence-corrected chi connectivity index (χ3v) is 4.95.